The normalized spacial score (nSPS) is 24.9. The highest BCUT2D eigenvalue weighted by Gasteiger charge is 2.37. The molecule has 1 fully saturated rings. The van der Waals surface area contributed by atoms with Gasteiger partial charge in [-0.3, -0.25) is 14.4 Å². The van der Waals surface area contributed by atoms with E-state index in [0.29, 0.717) is 18.5 Å². The maximum Gasteiger partial charge on any atom is 0.244 e. The fourth-order valence-corrected chi connectivity index (χ4v) is 2.92. The summed E-state index contributed by atoms with van der Waals surface area (Å²) in [6.45, 7) is 0.657. The molecule has 2 amide bonds. The minimum atomic E-state index is -0.461. The molecule has 0 aromatic heterocycles. The lowest BCUT2D eigenvalue weighted by Crippen LogP contribution is -2.42. The van der Waals surface area contributed by atoms with Crippen LogP contribution in [0, 0.1) is 0 Å². The molecular formula is C15H16N2O3. The van der Waals surface area contributed by atoms with Gasteiger partial charge in [-0.25, -0.2) is 0 Å². The van der Waals surface area contributed by atoms with Gasteiger partial charge in [0.2, 0.25) is 11.8 Å². The van der Waals surface area contributed by atoms with Crippen LogP contribution in [0.1, 0.15) is 34.7 Å². The number of likely N-dealkylation sites (tertiary alicyclic amines) is 1. The maximum absolute atomic E-state index is 12.3. The summed E-state index contributed by atoms with van der Waals surface area (Å²) in [5.41, 5.74) is 1.40. The maximum atomic E-state index is 12.3. The van der Waals surface area contributed by atoms with Crippen LogP contribution in [0.2, 0.25) is 0 Å². The Morgan fingerprint density at radius 1 is 1.30 bits per heavy atom. The number of hydrogen-bond acceptors (Lipinski definition) is 3. The van der Waals surface area contributed by atoms with Crippen molar-refractivity contribution in [3.8, 4) is 0 Å². The van der Waals surface area contributed by atoms with Crippen molar-refractivity contribution in [2.45, 2.75) is 24.8 Å². The number of amides is 2. The fourth-order valence-electron chi connectivity index (χ4n) is 2.92. The Kier molecular flexibility index (Phi) is 3.04. The Labute approximate surface area is 116 Å². The van der Waals surface area contributed by atoms with Gasteiger partial charge in [0.05, 0.1) is 5.92 Å². The number of nitrogens with zero attached hydrogens (tertiary/aromatic N) is 1. The first-order chi connectivity index (χ1) is 9.58. The highest BCUT2D eigenvalue weighted by Crippen LogP contribution is 2.33. The number of Topliss-reactive ketones (excluding diaryl/α,β-unsaturated/α-hetero) is 1. The van der Waals surface area contributed by atoms with E-state index in [1.165, 1.54) is 0 Å². The highest BCUT2D eigenvalue weighted by atomic mass is 16.2. The summed E-state index contributed by atoms with van der Waals surface area (Å²) in [5, 5.41) is 2.78. The van der Waals surface area contributed by atoms with Gasteiger partial charge in [-0.05, 0) is 12.0 Å². The molecule has 1 saturated heterocycles. The second-order valence-electron chi connectivity index (χ2n) is 5.38. The number of benzene rings is 1. The van der Waals surface area contributed by atoms with Crippen LogP contribution in [0.25, 0.3) is 0 Å². The largest absolute Gasteiger partial charge is 0.344 e. The first-order valence-electron chi connectivity index (χ1n) is 6.75. The predicted molar refractivity (Wildman–Crippen MR) is 72.3 cm³/mol. The molecular weight excluding hydrogens is 256 g/mol. The van der Waals surface area contributed by atoms with E-state index in [0.717, 1.165) is 5.56 Å². The molecule has 1 heterocycles. The van der Waals surface area contributed by atoms with Gasteiger partial charge in [0.25, 0.3) is 0 Å². The Bertz CT molecular complexity index is 597. The number of hydrogen-bond donors (Lipinski definition) is 1. The number of fused-ring (bicyclic) bond motifs is 1. The first kappa shape index (κ1) is 12.8. The van der Waals surface area contributed by atoms with Crippen LogP contribution in [0.5, 0.6) is 0 Å². The Morgan fingerprint density at radius 2 is 2.05 bits per heavy atom. The predicted octanol–water partition coefficient (Wildman–Crippen LogP) is 0.703. The fraction of sp³-hybridized carbons (Fsp3) is 0.400. The van der Waals surface area contributed by atoms with E-state index in [1.54, 1.807) is 24.1 Å². The SMILES string of the molecule is CN1CC[C@@H](NC(=O)[C@@H]2CC(=O)c3ccccc32)C1=O. The number of rotatable bonds is 2. The zero-order chi connectivity index (χ0) is 14.3. The van der Waals surface area contributed by atoms with Crippen LogP contribution in [0.3, 0.4) is 0 Å². The lowest BCUT2D eigenvalue weighted by molar-refractivity contribution is -0.132. The highest BCUT2D eigenvalue weighted by molar-refractivity contribution is 6.07. The molecule has 1 aromatic rings. The van der Waals surface area contributed by atoms with Crippen molar-refractivity contribution in [1.82, 2.24) is 10.2 Å². The zero-order valence-electron chi connectivity index (χ0n) is 11.3. The summed E-state index contributed by atoms with van der Waals surface area (Å²) in [6.07, 6.45) is 0.825. The standard InChI is InChI=1S/C15H16N2O3/c1-17-7-6-12(15(17)20)16-14(19)11-8-13(18)10-5-3-2-4-9(10)11/h2-5,11-12H,6-8H2,1H3,(H,16,19)/t11-,12-/m1/s1. The molecule has 20 heavy (non-hydrogen) atoms. The van der Waals surface area contributed by atoms with Crippen molar-refractivity contribution in [1.29, 1.82) is 0 Å². The minimum Gasteiger partial charge on any atom is -0.344 e. The second kappa shape index (κ2) is 4.74. The zero-order valence-corrected chi connectivity index (χ0v) is 11.3. The molecule has 0 unspecified atom stereocenters. The molecule has 0 radical (unpaired) electrons. The number of ketones is 1. The van der Waals surface area contributed by atoms with Crippen molar-refractivity contribution in [3.05, 3.63) is 35.4 Å². The van der Waals surface area contributed by atoms with Crippen molar-refractivity contribution < 1.29 is 14.4 Å². The Hall–Kier alpha value is -2.17. The van der Waals surface area contributed by atoms with Crippen LogP contribution in [-0.4, -0.2) is 42.1 Å². The van der Waals surface area contributed by atoms with E-state index >= 15 is 0 Å². The van der Waals surface area contributed by atoms with Gasteiger partial charge in [0, 0.05) is 25.6 Å². The van der Waals surface area contributed by atoms with Crippen molar-refractivity contribution in [2.24, 2.45) is 0 Å². The van der Waals surface area contributed by atoms with Crippen molar-refractivity contribution >= 4 is 17.6 Å². The summed E-state index contributed by atoms with van der Waals surface area (Å²) in [5.74, 6) is -0.749. The molecule has 1 aromatic carbocycles. The smallest absolute Gasteiger partial charge is 0.244 e. The van der Waals surface area contributed by atoms with Gasteiger partial charge in [-0.1, -0.05) is 24.3 Å². The summed E-state index contributed by atoms with van der Waals surface area (Å²) in [6, 6.07) is 6.74. The summed E-state index contributed by atoms with van der Waals surface area (Å²) in [4.78, 5) is 37.6. The van der Waals surface area contributed by atoms with Gasteiger partial charge in [-0.2, -0.15) is 0 Å². The molecule has 3 rings (SSSR count). The average molecular weight is 272 g/mol. The molecule has 2 atom stereocenters. The van der Waals surface area contributed by atoms with Gasteiger partial charge < -0.3 is 10.2 Å². The number of carbonyl (C=O) groups excluding carboxylic acids is 3. The van der Waals surface area contributed by atoms with Crippen LogP contribution in [0.4, 0.5) is 0 Å². The van der Waals surface area contributed by atoms with Crippen LogP contribution >= 0.6 is 0 Å². The second-order valence-corrected chi connectivity index (χ2v) is 5.38. The van der Waals surface area contributed by atoms with E-state index in [9.17, 15) is 14.4 Å². The summed E-state index contributed by atoms with van der Waals surface area (Å²) < 4.78 is 0. The van der Waals surface area contributed by atoms with Gasteiger partial charge in [0.1, 0.15) is 6.04 Å². The van der Waals surface area contributed by atoms with Crippen LogP contribution < -0.4 is 5.32 Å². The van der Waals surface area contributed by atoms with E-state index in [1.807, 2.05) is 12.1 Å². The number of likely N-dealkylation sites (N-methyl/N-ethyl adjacent to an activating group) is 1. The van der Waals surface area contributed by atoms with E-state index in [2.05, 4.69) is 5.32 Å². The molecule has 1 aliphatic carbocycles. The Balaban J connectivity index is 1.76. The molecule has 0 saturated carbocycles. The van der Waals surface area contributed by atoms with Crippen LogP contribution in [0.15, 0.2) is 24.3 Å². The monoisotopic (exact) mass is 272 g/mol. The van der Waals surface area contributed by atoms with Gasteiger partial charge in [0.15, 0.2) is 5.78 Å². The molecule has 0 spiro atoms. The molecule has 104 valence electrons. The first-order valence-corrected chi connectivity index (χ1v) is 6.75. The molecule has 1 aliphatic heterocycles. The quantitative estimate of drug-likeness (QED) is 0.862. The molecule has 2 aliphatic rings. The van der Waals surface area contributed by atoms with Gasteiger partial charge in [-0.15, -0.1) is 0 Å². The van der Waals surface area contributed by atoms with Crippen LogP contribution in [-0.2, 0) is 9.59 Å². The number of carbonyl (C=O) groups is 3. The topological polar surface area (TPSA) is 66.5 Å². The summed E-state index contributed by atoms with van der Waals surface area (Å²) in [7, 11) is 1.73. The van der Waals surface area contributed by atoms with E-state index in [-0.39, 0.29) is 24.0 Å². The summed E-state index contributed by atoms with van der Waals surface area (Å²) >= 11 is 0. The lowest BCUT2D eigenvalue weighted by Gasteiger charge is -2.16. The minimum absolute atomic E-state index is 0.00406. The third-order valence-corrected chi connectivity index (χ3v) is 4.09. The van der Waals surface area contributed by atoms with Crippen molar-refractivity contribution in [3.63, 3.8) is 0 Å². The van der Waals surface area contributed by atoms with E-state index in [4.69, 9.17) is 0 Å². The third kappa shape index (κ3) is 1.99. The van der Waals surface area contributed by atoms with Crippen molar-refractivity contribution in [2.75, 3.05) is 13.6 Å². The van der Waals surface area contributed by atoms with Gasteiger partial charge >= 0.3 is 0 Å². The number of nitrogens with one attached hydrogen (secondary N) is 1. The average Bonchev–Trinajstić information content (AvgIpc) is 2.94. The third-order valence-electron chi connectivity index (χ3n) is 4.09. The lowest BCUT2D eigenvalue weighted by atomic mass is 10.00. The molecule has 1 N–H and O–H groups in total. The molecule has 5 heteroatoms. The van der Waals surface area contributed by atoms with E-state index < -0.39 is 12.0 Å². The molecule has 5 nitrogen and oxygen atoms in total. The Morgan fingerprint density at radius 3 is 2.75 bits per heavy atom. The molecule has 0 bridgehead atoms.